The Labute approximate surface area is 159 Å². The smallest absolute Gasteiger partial charge is 0.249 e. The third-order valence-corrected chi connectivity index (χ3v) is 4.87. The predicted octanol–water partition coefficient (Wildman–Crippen LogP) is 2.35. The van der Waals surface area contributed by atoms with Crippen LogP contribution in [0, 0.1) is 0 Å². The molecule has 2 aromatic carbocycles. The second kappa shape index (κ2) is 8.13. The number of ketones is 1. The van der Waals surface area contributed by atoms with Gasteiger partial charge in [-0.1, -0.05) is 36.4 Å². The molecule has 8 heteroatoms. The van der Waals surface area contributed by atoms with Gasteiger partial charge >= 0.3 is 0 Å². The highest BCUT2D eigenvalue weighted by atomic mass is 32.2. The number of ether oxygens (including phenoxy) is 3. The van der Waals surface area contributed by atoms with E-state index in [1.807, 2.05) is 30.3 Å². The van der Waals surface area contributed by atoms with E-state index in [1.165, 1.54) is 14.2 Å². The first-order chi connectivity index (χ1) is 13.0. The average Bonchev–Trinajstić information content (AvgIpc) is 2.96. The van der Waals surface area contributed by atoms with Crippen molar-refractivity contribution < 1.29 is 27.4 Å². The summed E-state index contributed by atoms with van der Waals surface area (Å²) in [4.78, 5) is 12.7. The van der Waals surface area contributed by atoms with Crippen LogP contribution in [-0.2, 0) is 30.5 Å². The molecule has 2 aromatic rings. The summed E-state index contributed by atoms with van der Waals surface area (Å²) >= 11 is -1.77. The fourth-order valence-electron chi connectivity index (χ4n) is 2.62. The molecule has 142 valence electrons. The molecule has 1 aliphatic heterocycles. The number of hydrogen-bond donors (Lipinski definition) is 1. The van der Waals surface area contributed by atoms with Crippen molar-refractivity contribution in [3.8, 4) is 11.5 Å². The Morgan fingerprint density at radius 2 is 1.78 bits per heavy atom. The van der Waals surface area contributed by atoms with E-state index in [0.717, 1.165) is 5.56 Å². The first kappa shape index (κ1) is 18.8. The fraction of sp³-hybridized carbons (Fsp3) is 0.211. The van der Waals surface area contributed by atoms with Gasteiger partial charge in [0, 0.05) is 5.56 Å². The second-order valence-corrected chi connectivity index (χ2v) is 6.75. The molecule has 2 atom stereocenters. The Morgan fingerprint density at radius 3 is 2.44 bits per heavy atom. The van der Waals surface area contributed by atoms with Crippen molar-refractivity contribution in [3.63, 3.8) is 0 Å². The summed E-state index contributed by atoms with van der Waals surface area (Å²) in [5.74, 6) is 0.179. The molecule has 0 amide bonds. The maximum Gasteiger partial charge on any atom is 0.249 e. The minimum Gasteiger partial charge on any atom is -0.493 e. The van der Waals surface area contributed by atoms with Crippen LogP contribution < -0.4 is 15.2 Å². The Hall–Kier alpha value is -3.00. The first-order valence-corrected chi connectivity index (χ1v) is 9.31. The normalized spacial score (nSPS) is 17.4. The lowest BCUT2D eigenvalue weighted by molar-refractivity contribution is -0.123. The highest BCUT2D eigenvalue weighted by Crippen LogP contribution is 2.36. The summed E-state index contributed by atoms with van der Waals surface area (Å²) in [6, 6.07) is 14.1. The van der Waals surface area contributed by atoms with Crippen LogP contribution in [0.4, 0.5) is 0 Å². The second-order valence-electron chi connectivity index (χ2n) is 5.69. The van der Waals surface area contributed by atoms with Crippen molar-refractivity contribution in [2.75, 3.05) is 14.2 Å². The van der Waals surface area contributed by atoms with Crippen LogP contribution in [0.2, 0.25) is 0 Å². The SMILES string of the molecule is COc1ccc(C2OC(N)=C(OS(=O)Cc3ccccc3)C2=O)cc1OC. The number of carbonyl (C=O) groups is 1. The first-order valence-electron chi connectivity index (χ1n) is 8.06. The van der Waals surface area contributed by atoms with E-state index in [9.17, 15) is 9.00 Å². The molecular formula is C19H19NO6S. The molecular weight excluding hydrogens is 370 g/mol. The van der Waals surface area contributed by atoms with Crippen molar-refractivity contribution in [1.29, 1.82) is 0 Å². The molecule has 7 nitrogen and oxygen atoms in total. The Morgan fingerprint density at radius 1 is 1.07 bits per heavy atom. The Kier molecular flexibility index (Phi) is 5.66. The third-order valence-electron chi connectivity index (χ3n) is 3.94. The zero-order valence-corrected chi connectivity index (χ0v) is 15.7. The van der Waals surface area contributed by atoms with E-state index in [1.54, 1.807) is 18.2 Å². The van der Waals surface area contributed by atoms with Crippen LogP contribution in [0.3, 0.4) is 0 Å². The summed E-state index contributed by atoms with van der Waals surface area (Å²) in [5.41, 5.74) is 7.13. The summed E-state index contributed by atoms with van der Waals surface area (Å²) in [6.45, 7) is 0. The van der Waals surface area contributed by atoms with Gasteiger partial charge in [-0.3, -0.25) is 4.79 Å². The molecule has 0 spiro atoms. The van der Waals surface area contributed by atoms with Crippen molar-refractivity contribution in [2.45, 2.75) is 11.9 Å². The standard InChI is InChI=1S/C19H19NO6S/c1-23-14-9-8-13(10-15(14)24-2)17-16(21)18(19(20)25-17)26-27(22)11-12-6-4-3-5-7-12/h3-10,17H,11,20H2,1-2H3. The van der Waals surface area contributed by atoms with Crippen LogP contribution in [0.5, 0.6) is 11.5 Å². The monoisotopic (exact) mass is 389 g/mol. The Balaban J connectivity index is 1.73. The molecule has 0 saturated carbocycles. The van der Waals surface area contributed by atoms with Gasteiger partial charge < -0.3 is 24.1 Å². The van der Waals surface area contributed by atoms with E-state index in [0.29, 0.717) is 17.1 Å². The largest absolute Gasteiger partial charge is 0.493 e. The van der Waals surface area contributed by atoms with E-state index in [4.69, 9.17) is 24.1 Å². The van der Waals surface area contributed by atoms with Gasteiger partial charge in [-0.25, -0.2) is 4.21 Å². The quantitative estimate of drug-likeness (QED) is 0.776. The molecule has 0 bridgehead atoms. The van der Waals surface area contributed by atoms with Crippen molar-refractivity contribution >= 4 is 16.9 Å². The molecule has 2 N–H and O–H groups in total. The lowest BCUT2D eigenvalue weighted by Gasteiger charge is -2.13. The number of nitrogens with two attached hydrogens (primary N) is 1. The lowest BCUT2D eigenvalue weighted by atomic mass is 10.1. The zero-order chi connectivity index (χ0) is 19.4. The molecule has 0 radical (unpaired) electrons. The van der Waals surface area contributed by atoms with Gasteiger partial charge in [0.1, 0.15) is 0 Å². The molecule has 27 heavy (non-hydrogen) atoms. The lowest BCUT2D eigenvalue weighted by Crippen LogP contribution is -2.13. The molecule has 1 heterocycles. The van der Waals surface area contributed by atoms with Crippen LogP contribution in [0.15, 0.2) is 60.2 Å². The number of carbonyl (C=O) groups excluding carboxylic acids is 1. The van der Waals surface area contributed by atoms with Gasteiger partial charge in [-0.15, -0.1) is 0 Å². The summed E-state index contributed by atoms with van der Waals surface area (Å²) < 4.78 is 33.4. The van der Waals surface area contributed by atoms with Gasteiger partial charge in [0.15, 0.2) is 17.6 Å². The van der Waals surface area contributed by atoms with Crippen LogP contribution in [-0.4, -0.2) is 24.2 Å². The number of benzene rings is 2. The van der Waals surface area contributed by atoms with Gasteiger partial charge in [-0.2, -0.15) is 0 Å². The molecule has 1 aliphatic rings. The van der Waals surface area contributed by atoms with Gasteiger partial charge in [0.05, 0.1) is 20.0 Å². The zero-order valence-electron chi connectivity index (χ0n) is 14.8. The number of hydrogen-bond acceptors (Lipinski definition) is 7. The number of Topliss-reactive ketones (excluding diaryl/α,β-unsaturated/α-hetero) is 1. The van der Waals surface area contributed by atoms with E-state index in [-0.39, 0.29) is 17.4 Å². The number of methoxy groups -OCH3 is 2. The maximum atomic E-state index is 12.7. The van der Waals surface area contributed by atoms with Crippen LogP contribution in [0.25, 0.3) is 0 Å². The fourth-order valence-corrected chi connectivity index (χ4v) is 3.50. The van der Waals surface area contributed by atoms with Crippen molar-refractivity contribution in [1.82, 2.24) is 0 Å². The van der Waals surface area contributed by atoms with Crippen LogP contribution >= 0.6 is 0 Å². The summed E-state index contributed by atoms with van der Waals surface area (Å²) in [6.07, 6.45) is -0.992. The predicted molar refractivity (Wildman–Crippen MR) is 99.0 cm³/mol. The van der Waals surface area contributed by atoms with E-state index < -0.39 is 23.0 Å². The minimum atomic E-state index is -1.77. The molecule has 2 unspecified atom stereocenters. The van der Waals surface area contributed by atoms with Crippen molar-refractivity contribution in [2.24, 2.45) is 5.73 Å². The number of rotatable bonds is 7. The summed E-state index contributed by atoms with van der Waals surface area (Å²) in [7, 11) is 3.01. The van der Waals surface area contributed by atoms with Crippen LogP contribution in [0.1, 0.15) is 17.2 Å². The molecule has 0 fully saturated rings. The minimum absolute atomic E-state index is 0.131. The highest BCUT2D eigenvalue weighted by Gasteiger charge is 2.38. The highest BCUT2D eigenvalue weighted by molar-refractivity contribution is 7.79. The van der Waals surface area contributed by atoms with E-state index >= 15 is 0 Å². The maximum absolute atomic E-state index is 12.7. The molecule has 0 saturated heterocycles. The van der Waals surface area contributed by atoms with Crippen molar-refractivity contribution in [3.05, 3.63) is 71.3 Å². The van der Waals surface area contributed by atoms with Gasteiger partial charge in [0.25, 0.3) is 0 Å². The molecule has 0 aromatic heterocycles. The Bertz CT molecular complexity index is 896. The van der Waals surface area contributed by atoms with E-state index in [2.05, 4.69) is 0 Å². The molecule has 3 rings (SSSR count). The molecule has 0 aliphatic carbocycles. The topological polar surface area (TPSA) is 97.1 Å². The average molecular weight is 389 g/mol. The van der Waals surface area contributed by atoms with Gasteiger partial charge in [0.2, 0.25) is 28.5 Å². The third kappa shape index (κ3) is 4.06. The van der Waals surface area contributed by atoms with Gasteiger partial charge in [-0.05, 0) is 17.7 Å². The summed E-state index contributed by atoms with van der Waals surface area (Å²) in [5, 5.41) is 0.